The van der Waals surface area contributed by atoms with E-state index in [0.717, 1.165) is 17.8 Å². The first kappa shape index (κ1) is 19.6. The molecule has 0 radical (unpaired) electrons. The highest BCUT2D eigenvalue weighted by atomic mass is 32.2. The number of sulfone groups is 1. The van der Waals surface area contributed by atoms with Crippen LogP contribution < -0.4 is 9.47 Å². The number of amides is 1. The molecule has 8 heteroatoms. The van der Waals surface area contributed by atoms with E-state index in [9.17, 15) is 13.2 Å². The van der Waals surface area contributed by atoms with Gasteiger partial charge in [-0.15, -0.1) is 0 Å². The Morgan fingerprint density at radius 1 is 1.07 bits per heavy atom. The van der Waals surface area contributed by atoms with Crippen LogP contribution in [-0.2, 0) is 14.6 Å². The number of benzene rings is 2. The third kappa shape index (κ3) is 5.40. The quantitative estimate of drug-likeness (QED) is 0.733. The molecule has 1 atom stereocenters. The Bertz CT molecular complexity index is 869. The highest BCUT2D eigenvalue weighted by Crippen LogP contribution is 2.24. The van der Waals surface area contributed by atoms with Crippen molar-refractivity contribution >= 4 is 27.5 Å². The zero-order valence-electron chi connectivity index (χ0n) is 14.9. The Labute approximate surface area is 163 Å². The van der Waals surface area contributed by atoms with E-state index < -0.39 is 15.2 Å². The molecule has 3 rings (SSSR count). The summed E-state index contributed by atoms with van der Waals surface area (Å²) in [6.07, 6.45) is 1.16. The molecule has 0 aliphatic carbocycles. The molecule has 2 aromatic carbocycles. The minimum Gasteiger partial charge on any atom is -0.484 e. The van der Waals surface area contributed by atoms with Gasteiger partial charge in [-0.3, -0.25) is 4.79 Å². The van der Waals surface area contributed by atoms with Gasteiger partial charge in [0, 0.05) is 24.3 Å². The number of thioether (sulfide) groups is 1. The van der Waals surface area contributed by atoms with Gasteiger partial charge >= 0.3 is 0 Å². The first-order chi connectivity index (χ1) is 12.9. The van der Waals surface area contributed by atoms with Crippen LogP contribution in [0.3, 0.4) is 0 Å². The summed E-state index contributed by atoms with van der Waals surface area (Å²) >= 11 is 1.54. The average Bonchev–Trinajstić information content (AvgIpc) is 2.67. The molecule has 0 spiro atoms. The monoisotopic (exact) mass is 407 g/mol. The fourth-order valence-electron chi connectivity index (χ4n) is 2.68. The zero-order chi connectivity index (χ0) is 19.3. The van der Waals surface area contributed by atoms with Gasteiger partial charge in [0.2, 0.25) is 0 Å². The molecule has 1 aliphatic rings. The molecule has 2 aromatic rings. The predicted octanol–water partition coefficient (Wildman–Crippen LogP) is 2.80. The van der Waals surface area contributed by atoms with E-state index in [1.54, 1.807) is 24.3 Å². The van der Waals surface area contributed by atoms with Crippen molar-refractivity contribution in [2.24, 2.45) is 0 Å². The molecule has 6 nitrogen and oxygen atoms in total. The maximum atomic E-state index is 12.4. The molecule has 1 heterocycles. The summed E-state index contributed by atoms with van der Waals surface area (Å²) in [5.41, 5.74) is 0. The first-order valence-electron chi connectivity index (χ1n) is 8.45. The molecule has 0 bridgehead atoms. The Morgan fingerprint density at radius 3 is 2.37 bits per heavy atom. The normalized spacial score (nSPS) is 17.4. The summed E-state index contributed by atoms with van der Waals surface area (Å²) in [5.74, 6) is 2.71. The van der Waals surface area contributed by atoms with Gasteiger partial charge in [0.15, 0.2) is 16.4 Å². The van der Waals surface area contributed by atoms with Crippen molar-refractivity contribution in [2.45, 2.75) is 5.37 Å². The topological polar surface area (TPSA) is 72.9 Å². The molecular formula is C19H21NO5S2. The fourth-order valence-corrected chi connectivity index (χ4v) is 5.51. The lowest BCUT2D eigenvalue weighted by atomic mass is 10.3. The van der Waals surface area contributed by atoms with E-state index in [4.69, 9.17) is 9.47 Å². The van der Waals surface area contributed by atoms with Crippen LogP contribution in [0.15, 0.2) is 54.6 Å². The Kier molecular flexibility index (Phi) is 6.28. The van der Waals surface area contributed by atoms with Crippen LogP contribution >= 0.6 is 11.8 Å². The first-order valence-corrected chi connectivity index (χ1v) is 11.6. The standard InChI is InChI=1S/C19H21NO5S2/c1-27(22,23)19-14-26-12-11-20(19)18(21)13-24-15-7-9-17(10-8-15)25-16-5-3-2-4-6-16/h2-10,19H,11-14H2,1H3. The Hall–Kier alpha value is -2.19. The molecule has 144 valence electrons. The summed E-state index contributed by atoms with van der Waals surface area (Å²) in [4.78, 5) is 13.8. The van der Waals surface area contributed by atoms with E-state index in [2.05, 4.69) is 0 Å². The minimum absolute atomic E-state index is 0.199. The molecule has 1 amide bonds. The largest absolute Gasteiger partial charge is 0.484 e. The SMILES string of the molecule is CS(=O)(=O)C1CSCCN1C(=O)COc1ccc(Oc2ccccc2)cc1. The fraction of sp³-hybridized carbons (Fsp3) is 0.316. The molecule has 1 fully saturated rings. The summed E-state index contributed by atoms with van der Waals surface area (Å²) in [6.45, 7) is 0.212. The molecule has 0 N–H and O–H groups in total. The molecule has 0 saturated carbocycles. The van der Waals surface area contributed by atoms with E-state index in [1.165, 1.54) is 16.7 Å². The second-order valence-corrected chi connectivity index (χ2v) is 9.47. The van der Waals surface area contributed by atoms with Crippen LogP contribution in [0.5, 0.6) is 17.2 Å². The minimum atomic E-state index is -3.33. The van der Waals surface area contributed by atoms with Crippen molar-refractivity contribution in [3.8, 4) is 17.2 Å². The molecule has 1 unspecified atom stereocenters. The van der Waals surface area contributed by atoms with E-state index in [-0.39, 0.29) is 12.5 Å². The maximum Gasteiger partial charge on any atom is 0.261 e. The second kappa shape index (κ2) is 8.67. The number of hydrogen-bond acceptors (Lipinski definition) is 6. The van der Waals surface area contributed by atoms with Gasteiger partial charge in [0.25, 0.3) is 5.91 Å². The lowest BCUT2D eigenvalue weighted by Crippen LogP contribution is -2.51. The lowest BCUT2D eigenvalue weighted by Gasteiger charge is -2.33. The number of nitrogens with zero attached hydrogens (tertiary/aromatic N) is 1. The summed E-state index contributed by atoms with van der Waals surface area (Å²) in [7, 11) is -3.33. The number of rotatable bonds is 6. The van der Waals surface area contributed by atoms with Gasteiger partial charge in [-0.05, 0) is 36.4 Å². The third-order valence-electron chi connectivity index (χ3n) is 4.06. The van der Waals surface area contributed by atoms with Crippen molar-refractivity contribution in [3.63, 3.8) is 0 Å². The number of carbonyl (C=O) groups is 1. The summed E-state index contributed by atoms with van der Waals surface area (Å²) in [6, 6.07) is 16.3. The van der Waals surface area contributed by atoms with Crippen molar-refractivity contribution in [3.05, 3.63) is 54.6 Å². The van der Waals surface area contributed by atoms with E-state index >= 15 is 0 Å². The van der Waals surface area contributed by atoms with E-state index in [1.807, 2.05) is 30.3 Å². The van der Waals surface area contributed by atoms with Crippen LogP contribution in [0.4, 0.5) is 0 Å². The molecule has 1 aliphatic heterocycles. The van der Waals surface area contributed by atoms with Crippen LogP contribution in [0.1, 0.15) is 0 Å². The molecule has 0 aromatic heterocycles. The molecule has 27 heavy (non-hydrogen) atoms. The highest BCUT2D eigenvalue weighted by Gasteiger charge is 2.34. The Balaban J connectivity index is 1.57. The van der Waals surface area contributed by atoms with Crippen molar-refractivity contribution < 1.29 is 22.7 Å². The summed E-state index contributed by atoms with van der Waals surface area (Å²) in [5, 5.41) is -0.783. The smallest absolute Gasteiger partial charge is 0.261 e. The zero-order valence-corrected chi connectivity index (χ0v) is 16.5. The van der Waals surface area contributed by atoms with Crippen LogP contribution in [-0.4, -0.2) is 55.5 Å². The van der Waals surface area contributed by atoms with Crippen molar-refractivity contribution in [1.29, 1.82) is 0 Å². The number of ether oxygens (including phenoxy) is 2. The van der Waals surface area contributed by atoms with Gasteiger partial charge in [0.05, 0.1) is 0 Å². The molecular weight excluding hydrogens is 386 g/mol. The second-order valence-electron chi connectivity index (χ2n) is 6.12. The number of carbonyl (C=O) groups excluding carboxylic acids is 1. The summed E-state index contributed by atoms with van der Waals surface area (Å²) < 4.78 is 35.0. The highest BCUT2D eigenvalue weighted by molar-refractivity contribution is 8.00. The van der Waals surface area contributed by atoms with Gasteiger partial charge in [-0.2, -0.15) is 11.8 Å². The predicted molar refractivity (Wildman–Crippen MR) is 106 cm³/mol. The number of para-hydroxylation sites is 1. The Morgan fingerprint density at radius 2 is 1.70 bits per heavy atom. The van der Waals surface area contributed by atoms with Crippen LogP contribution in [0, 0.1) is 0 Å². The van der Waals surface area contributed by atoms with E-state index in [0.29, 0.717) is 23.8 Å². The van der Waals surface area contributed by atoms with Gasteiger partial charge in [0.1, 0.15) is 22.6 Å². The van der Waals surface area contributed by atoms with Gasteiger partial charge in [-0.25, -0.2) is 8.42 Å². The van der Waals surface area contributed by atoms with Crippen molar-refractivity contribution in [2.75, 3.05) is 30.9 Å². The van der Waals surface area contributed by atoms with Crippen LogP contribution in [0.25, 0.3) is 0 Å². The maximum absolute atomic E-state index is 12.4. The lowest BCUT2D eigenvalue weighted by molar-refractivity contribution is -0.133. The van der Waals surface area contributed by atoms with Gasteiger partial charge in [-0.1, -0.05) is 18.2 Å². The molecule has 1 saturated heterocycles. The van der Waals surface area contributed by atoms with Gasteiger partial charge < -0.3 is 14.4 Å². The average molecular weight is 408 g/mol. The third-order valence-corrected chi connectivity index (χ3v) is 6.71. The van der Waals surface area contributed by atoms with Crippen LogP contribution in [0.2, 0.25) is 0 Å². The van der Waals surface area contributed by atoms with Crippen molar-refractivity contribution in [1.82, 2.24) is 4.90 Å². The number of hydrogen-bond donors (Lipinski definition) is 0.